The molecule has 2 aromatic rings. The van der Waals surface area contributed by atoms with Gasteiger partial charge in [0.1, 0.15) is 5.76 Å². The standard InChI is InChI=1S/C17H18F3N3O2/c1-12-10-15(21-25-12)16(24)23-8-6-22(7-9-23)11-13-2-4-14(5-3-13)17(18,19)20/h2-5,10H,6-9,11H2,1H3. The maximum absolute atomic E-state index is 12.6. The molecule has 0 bridgehead atoms. The van der Waals surface area contributed by atoms with E-state index in [1.165, 1.54) is 12.1 Å². The topological polar surface area (TPSA) is 49.6 Å². The molecule has 3 rings (SSSR count). The molecular weight excluding hydrogens is 335 g/mol. The first-order valence-electron chi connectivity index (χ1n) is 7.94. The fourth-order valence-corrected chi connectivity index (χ4v) is 2.80. The molecule has 0 saturated carbocycles. The first-order chi connectivity index (χ1) is 11.8. The van der Waals surface area contributed by atoms with Crippen LogP contribution in [0.2, 0.25) is 0 Å². The number of nitrogens with zero attached hydrogens (tertiary/aromatic N) is 3. The number of halogens is 3. The Kier molecular flexibility index (Phi) is 4.80. The van der Waals surface area contributed by atoms with Gasteiger partial charge in [0.15, 0.2) is 5.69 Å². The number of amides is 1. The molecule has 2 heterocycles. The monoisotopic (exact) mass is 353 g/mol. The molecule has 0 atom stereocenters. The highest BCUT2D eigenvalue weighted by atomic mass is 19.4. The Bertz CT molecular complexity index is 732. The zero-order chi connectivity index (χ0) is 18.0. The van der Waals surface area contributed by atoms with E-state index in [1.807, 2.05) is 0 Å². The van der Waals surface area contributed by atoms with Crippen molar-refractivity contribution in [1.29, 1.82) is 0 Å². The van der Waals surface area contributed by atoms with Crippen LogP contribution in [0.1, 0.15) is 27.4 Å². The molecular formula is C17H18F3N3O2. The number of carbonyl (C=O) groups excluding carboxylic acids is 1. The van der Waals surface area contributed by atoms with Gasteiger partial charge in [-0.2, -0.15) is 13.2 Å². The van der Waals surface area contributed by atoms with Crippen molar-refractivity contribution >= 4 is 5.91 Å². The van der Waals surface area contributed by atoms with Gasteiger partial charge in [0, 0.05) is 38.8 Å². The van der Waals surface area contributed by atoms with E-state index in [2.05, 4.69) is 10.1 Å². The molecule has 25 heavy (non-hydrogen) atoms. The normalized spacial score (nSPS) is 16.2. The highest BCUT2D eigenvalue weighted by molar-refractivity contribution is 5.92. The lowest BCUT2D eigenvalue weighted by molar-refractivity contribution is -0.137. The quantitative estimate of drug-likeness (QED) is 0.851. The minimum Gasteiger partial charge on any atom is -0.361 e. The molecule has 5 nitrogen and oxygen atoms in total. The van der Waals surface area contributed by atoms with Gasteiger partial charge in [-0.15, -0.1) is 0 Å². The zero-order valence-electron chi connectivity index (χ0n) is 13.7. The van der Waals surface area contributed by atoms with Crippen LogP contribution in [-0.4, -0.2) is 47.0 Å². The molecule has 0 N–H and O–H groups in total. The van der Waals surface area contributed by atoms with Crippen LogP contribution in [0.5, 0.6) is 0 Å². The first kappa shape index (κ1) is 17.5. The summed E-state index contributed by atoms with van der Waals surface area (Å²) in [6, 6.07) is 6.80. The second-order valence-electron chi connectivity index (χ2n) is 6.09. The molecule has 1 aliphatic heterocycles. The molecule has 1 amide bonds. The lowest BCUT2D eigenvalue weighted by Gasteiger charge is -2.34. The molecule has 1 aliphatic rings. The summed E-state index contributed by atoms with van der Waals surface area (Å²) in [6.45, 7) is 4.69. The predicted octanol–water partition coefficient (Wildman–Crippen LogP) is 2.96. The van der Waals surface area contributed by atoms with Crippen LogP contribution < -0.4 is 0 Å². The molecule has 1 fully saturated rings. The number of aryl methyl sites for hydroxylation is 1. The summed E-state index contributed by atoms with van der Waals surface area (Å²) in [5.41, 5.74) is 0.475. The van der Waals surface area contributed by atoms with Gasteiger partial charge in [0.2, 0.25) is 0 Å². The lowest BCUT2D eigenvalue weighted by Crippen LogP contribution is -2.48. The minimum absolute atomic E-state index is 0.161. The summed E-state index contributed by atoms with van der Waals surface area (Å²) < 4.78 is 42.7. The summed E-state index contributed by atoms with van der Waals surface area (Å²) in [4.78, 5) is 16.1. The second kappa shape index (κ2) is 6.87. The van der Waals surface area contributed by atoms with Crippen molar-refractivity contribution in [2.24, 2.45) is 0 Å². The number of hydrogen-bond donors (Lipinski definition) is 0. The largest absolute Gasteiger partial charge is 0.416 e. The molecule has 0 spiro atoms. The Morgan fingerprint density at radius 2 is 1.80 bits per heavy atom. The molecule has 1 aromatic carbocycles. The van der Waals surface area contributed by atoms with Crippen molar-refractivity contribution in [1.82, 2.24) is 15.0 Å². The highest BCUT2D eigenvalue weighted by Gasteiger charge is 2.30. The van der Waals surface area contributed by atoms with Crippen LogP contribution in [0.15, 0.2) is 34.9 Å². The van der Waals surface area contributed by atoms with Crippen LogP contribution >= 0.6 is 0 Å². The first-order valence-corrected chi connectivity index (χ1v) is 7.94. The Balaban J connectivity index is 1.53. The summed E-state index contributed by atoms with van der Waals surface area (Å²) in [7, 11) is 0. The van der Waals surface area contributed by atoms with Gasteiger partial charge >= 0.3 is 6.18 Å². The van der Waals surface area contributed by atoms with Gasteiger partial charge in [-0.1, -0.05) is 17.3 Å². The van der Waals surface area contributed by atoms with E-state index in [1.54, 1.807) is 17.9 Å². The molecule has 1 aromatic heterocycles. The van der Waals surface area contributed by atoms with E-state index in [9.17, 15) is 18.0 Å². The third-order valence-electron chi connectivity index (χ3n) is 4.19. The predicted molar refractivity (Wildman–Crippen MR) is 83.9 cm³/mol. The van der Waals surface area contributed by atoms with Gasteiger partial charge in [0.05, 0.1) is 5.56 Å². The number of piperazine rings is 1. The summed E-state index contributed by atoms with van der Waals surface area (Å²) >= 11 is 0. The Hall–Kier alpha value is -2.35. The second-order valence-corrected chi connectivity index (χ2v) is 6.09. The average Bonchev–Trinajstić information content (AvgIpc) is 3.01. The van der Waals surface area contributed by atoms with Crippen LogP contribution in [0.25, 0.3) is 0 Å². The van der Waals surface area contributed by atoms with Gasteiger partial charge in [-0.25, -0.2) is 0 Å². The van der Waals surface area contributed by atoms with Crippen LogP contribution in [0.3, 0.4) is 0 Å². The van der Waals surface area contributed by atoms with E-state index in [0.29, 0.717) is 44.2 Å². The van der Waals surface area contributed by atoms with Crippen molar-refractivity contribution < 1.29 is 22.5 Å². The molecule has 8 heteroatoms. The number of alkyl halides is 3. The lowest BCUT2D eigenvalue weighted by atomic mass is 10.1. The molecule has 0 radical (unpaired) electrons. The Morgan fingerprint density at radius 3 is 2.32 bits per heavy atom. The average molecular weight is 353 g/mol. The Morgan fingerprint density at radius 1 is 1.16 bits per heavy atom. The number of carbonyl (C=O) groups is 1. The molecule has 134 valence electrons. The maximum atomic E-state index is 12.6. The number of benzene rings is 1. The number of rotatable bonds is 3. The SMILES string of the molecule is Cc1cc(C(=O)N2CCN(Cc3ccc(C(F)(F)F)cc3)CC2)no1. The summed E-state index contributed by atoms with van der Waals surface area (Å²) in [5, 5.41) is 3.73. The van der Waals surface area contributed by atoms with Crippen LogP contribution in [0.4, 0.5) is 13.2 Å². The highest BCUT2D eigenvalue weighted by Crippen LogP contribution is 2.29. The van der Waals surface area contributed by atoms with Crippen molar-refractivity contribution in [2.75, 3.05) is 26.2 Å². The van der Waals surface area contributed by atoms with E-state index < -0.39 is 11.7 Å². The van der Waals surface area contributed by atoms with E-state index in [0.717, 1.165) is 17.7 Å². The number of aromatic nitrogens is 1. The molecule has 0 unspecified atom stereocenters. The van der Waals surface area contributed by atoms with E-state index >= 15 is 0 Å². The summed E-state index contributed by atoms with van der Waals surface area (Å²) in [6.07, 6.45) is -4.32. The van der Waals surface area contributed by atoms with Crippen molar-refractivity contribution in [3.63, 3.8) is 0 Å². The third-order valence-corrected chi connectivity index (χ3v) is 4.19. The van der Waals surface area contributed by atoms with E-state index in [4.69, 9.17) is 4.52 Å². The van der Waals surface area contributed by atoms with Gasteiger partial charge < -0.3 is 9.42 Å². The van der Waals surface area contributed by atoms with Gasteiger partial charge in [-0.3, -0.25) is 9.69 Å². The molecule has 0 aliphatic carbocycles. The summed E-state index contributed by atoms with van der Waals surface area (Å²) in [5.74, 6) is 0.426. The smallest absolute Gasteiger partial charge is 0.361 e. The van der Waals surface area contributed by atoms with Gasteiger partial charge in [-0.05, 0) is 24.6 Å². The van der Waals surface area contributed by atoms with E-state index in [-0.39, 0.29) is 5.91 Å². The number of hydrogen-bond acceptors (Lipinski definition) is 4. The fourth-order valence-electron chi connectivity index (χ4n) is 2.80. The third kappa shape index (κ3) is 4.19. The minimum atomic E-state index is -4.32. The van der Waals surface area contributed by atoms with Crippen LogP contribution in [0, 0.1) is 6.92 Å². The van der Waals surface area contributed by atoms with Gasteiger partial charge in [0.25, 0.3) is 5.91 Å². The fraction of sp³-hybridized carbons (Fsp3) is 0.412. The molecule has 1 saturated heterocycles. The van der Waals surface area contributed by atoms with Crippen LogP contribution in [-0.2, 0) is 12.7 Å². The van der Waals surface area contributed by atoms with Crippen molar-refractivity contribution in [3.05, 3.63) is 52.9 Å². The van der Waals surface area contributed by atoms with Crippen molar-refractivity contribution in [2.45, 2.75) is 19.6 Å². The maximum Gasteiger partial charge on any atom is 0.416 e. The Labute approximate surface area is 143 Å². The van der Waals surface area contributed by atoms with Crippen molar-refractivity contribution in [3.8, 4) is 0 Å². The zero-order valence-corrected chi connectivity index (χ0v) is 13.7.